The maximum atomic E-state index is 12.1. The van der Waals surface area contributed by atoms with Gasteiger partial charge in [-0.15, -0.1) is 0 Å². The number of urea groups is 1. The van der Waals surface area contributed by atoms with Crippen molar-refractivity contribution in [3.05, 3.63) is 23.7 Å². The third kappa shape index (κ3) is 4.98. The minimum atomic E-state index is -1.23. The van der Waals surface area contributed by atoms with Gasteiger partial charge in [-0.05, 0) is 65.8 Å². The van der Waals surface area contributed by atoms with Crippen LogP contribution in [0.3, 0.4) is 0 Å². The number of hydrogen-bond donors (Lipinski definition) is 3. The van der Waals surface area contributed by atoms with Crippen LogP contribution in [0.25, 0.3) is 0 Å². The number of likely N-dealkylation sites (tertiary alicyclic amines) is 1. The molecule has 0 aromatic carbocycles. The molecule has 1 atom stereocenters. The molecule has 24 heavy (non-hydrogen) atoms. The van der Waals surface area contributed by atoms with Crippen molar-refractivity contribution in [1.82, 2.24) is 15.5 Å². The first-order chi connectivity index (χ1) is 11.2. The van der Waals surface area contributed by atoms with E-state index in [1.807, 2.05) is 6.92 Å². The molecule has 3 N–H and O–H groups in total. The van der Waals surface area contributed by atoms with E-state index in [9.17, 15) is 9.90 Å². The quantitative estimate of drug-likeness (QED) is 0.745. The van der Waals surface area contributed by atoms with Crippen LogP contribution in [0.1, 0.15) is 51.6 Å². The average Bonchev–Trinajstić information content (AvgIpc) is 2.99. The van der Waals surface area contributed by atoms with Crippen LogP contribution in [-0.4, -0.2) is 47.8 Å². The molecule has 1 unspecified atom stereocenters. The van der Waals surface area contributed by atoms with Gasteiger partial charge in [-0.3, -0.25) is 4.90 Å². The number of carbonyl (C=O) groups is 1. The van der Waals surface area contributed by atoms with Gasteiger partial charge in [0.15, 0.2) is 0 Å². The molecular formula is C18H31N3O3. The molecule has 1 aromatic heterocycles. The summed E-state index contributed by atoms with van der Waals surface area (Å²) in [6.07, 6.45) is 3.74. The number of hydrogen-bond acceptors (Lipinski definition) is 4. The number of aliphatic hydroxyl groups is 1. The molecule has 6 heteroatoms. The highest BCUT2D eigenvalue weighted by molar-refractivity contribution is 5.74. The highest BCUT2D eigenvalue weighted by atomic mass is 16.4. The Hall–Kier alpha value is -1.53. The van der Waals surface area contributed by atoms with Gasteiger partial charge in [0, 0.05) is 12.1 Å². The van der Waals surface area contributed by atoms with E-state index >= 15 is 0 Å². The molecule has 0 aliphatic carbocycles. The first-order valence-corrected chi connectivity index (χ1v) is 8.77. The number of aryl methyl sites for hydroxylation is 1. The summed E-state index contributed by atoms with van der Waals surface area (Å²) < 4.78 is 5.45. The lowest BCUT2D eigenvalue weighted by Crippen LogP contribution is -2.55. The number of furan rings is 1. The van der Waals surface area contributed by atoms with Crippen LogP contribution in [0, 0.1) is 6.92 Å². The summed E-state index contributed by atoms with van der Waals surface area (Å²) in [5.74, 6) is 1.19. The van der Waals surface area contributed by atoms with E-state index in [0.29, 0.717) is 12.3 Å². The summed E-state index contributed by atoms with van der Waals surface area (Å²) in [6.45, 7) is 10.6. The van der Waals surface area contributed by atoms with Crippen molar-refractivity contribution in [2.45, 2.75) is 58.1 Å². The number of rotatable bonds is 6. The molecular weight excluding hydrogens is 306 g/mol. The Labute approximate surface area is 144 Å². The van der Waals surface area contributed by atoms with Crippen molar-refractivity contribution in [1.29, 1.82) is 0 Å². The number of piperidine rings is 1. The van der Waals surface area contributed by atoms with E-state index in [-0.39, 0.29) is 18.1 Å². The summed E-state index contributed by atoms with van der Waals surface area (Å²) in [6, 6.07) is 3.25. The van der Waals surface area contributed by atoms with E-state index in [1.165, 1.54) is 19.3 Å². The maximum Gasteiger partial charge on any atom is 0.314 e. The van der Waals surface area contributed by atoms with E-state index in [2.05, 4.69) is 29.4 Å². The predicted octanol–water partition coefficient (Wildman–Crippen LogP) is 2.36. The zero-order valence-electron chi connectivity index (χ0n) is 15.3. The SMILES string of the molecule is Cc1ccc(C(C)(O)CNC(=O)NCC(C)(C)N2CCCCC2)o1. The highest BCUT2D eigenvalue weighted by Gasteiger charge is 2.30. The minimum absolute atomic E-state index is 0.0710. The van der Waals surface area contributed by atoms with Crippen molar-refractivity contribution in [3.8, 4) is 0 Å². The molecule has 0 spiro atoms. The van der Waals surface area contributed by atoms with Gasteiger partial charge in [-0.2, -0.15) is 0 Å². The van der Waals surface area contributed by atoms with Crippen LogP contribution in [0.4, 0.5) is 4.79 Å². The van der Waals surface area contributed by atoms with Gasteiger partial charge in [-0.25, -0.2) is 4.79 Å². The van der Waals surface area contributed by atoms with Gasteiger partial charge in [0.05, 0.1) is 6.54 Å². The van der Waals surface area contributed by atoms with Gasteiger partial charge < -0.3 is 20.2 Å². The summed E-state index contributed by atoms with van der Waals surface area (Å²) in [7, 11) is 0. The van der Waals surface area contributed by atoms with E-state index < -0.39 is 5.60 Å². The molecule has 1 saturated heterocycles. The van der Waals surface area contributed by atoms with Crippen molar-refractivity contribution in [2.75, 3.05) is 26.2 Å². The van der Waals surface area contributed by atoms with Crippen LogP contribution < -0.4 is 10.6 Å². The molecule has 136 valence electrons. The van der Waals surface area contributed by atoms with Gasteiger partial charge in [0.25, 0.3) is 0 Å². The van der Waals surface area contributed by atoms with Gasteiger partial charge in [0.1, 0.15) is 17.1 Å². The second-order valence-electron chi connectivity index (χ2n) is 7.58. The van der Waals surface area contributed by atoms with Crippen molar-refractivity contribution in [3.63, 3.8) is 0 Å². The average molecular weight is 337 g/mol. The molecule has 0 saturated carbocycles. The topological polar surface area (TPSA) is 77.7 Å². The number of amides is 2. The van der Waals surface area contributed by atoms with Gasteiger partial charge in [-0.1, -0.05) is 6.42 Å². The Morgan fingerprint density at radius 1 is 1.17 bits per heavy atom. The molecule has 2 rings (SSSR count). The number of nitrogens with zero attached hydrogens (tertiary/aromatic N) is 1. The zero-order valence-corrected chi connectivity index (χ0v) is 15.3. The fourth-order valence-corrected chi connectivity index (χ4v) is 3.03. The monoisotopic (exact) mass is 337 g/mol. The van der Waals surface area contributed by atoms with Crippen LogP contribution >= 0.6 is 0 Å². The Kier molecular flexibility index (Phi) is 5.93. The molecule has 6 nitrogen and oxygen atoms in total. The molecule has 1 aromatic rings. The molecule has 0 bridgehead atoms. The van der Waals surface area contributed by atoms with Gasteiger partial charge >= 0.3 is 6.03 Å². The first-order valence-electron chi connectivity index (χ1n) is 8.77. The Morgan fingerprint density at radius 2 is 1.79 bits per heavy atom. The highest BCUT2D eigenvalue weighted by Crippen LogP contribution is 2.22. The number of carbonyl (C=O) groups excluding carboxylic acids is 1. The van der Waals surface area contributed by atoms with Crippen molar-refractivity contribution < 1.29 is 14.3 Å². The van der Waals surface area contributed by atoms with Crippen LogP contribution in [-0.2, 0) is 5.60 Å². The summed E-state index contributed by atoms with van der Waals surface area (Å²) in [4.78, 5) is 14.5. The fraction of sp³-hybridized carbons (Fsp3) is 0.722. The third-order valence-electron chi connectivity index (χ3n) is 4.76. The smallest absolute Gasteiger partial charge is 0.314 e. The van der Waals surface area contributed by atoms with Gasteiger partial charge in [0.2, 0.25) is 0 Å². The second-order valence-corrected chi connectivity index (χ2v) is 7.58. The minimum Gasteiger partial charge on any atom is -0.463 e. The van der Waals surface area contributed by atoms with Crippen LogP contribution in [0.5, 0.6) is 0 Å². The summed E-state index contributed by atoms with van der Waals surface area (Å²) >= 11 is 0. The third-order valence-corrected chi connectivity index (χ3v) is 4.76. The molecule has 0 radical (unpaired) electrons. The van der Waals surface area contributed by atoms with Crippen LogP contribution in [0.2, 0.25) is 0 Å². The predicted molar refractivity (Wildman–Crippen MR) is 93.9 cm³/mol. The lowest BCUT2D eigenvalue weighted by molar-refractivity contribution is 0.0357. The lowest BCUT2D eigenvalue weighted by Gasteiger charge is -2.41. The standard InChI is InChI=1S/C18H31N3O3/c1-14-8-9-15(24-14)18(4,23)13-20-16(22)19-12-17(2,3)21-10-6-5-7-11-21/h8-9,23H,5-7,10-13H2,1-4H3,(H2,19,20,22). The number of nitrogens with one attached hydrogen (secondary N) is 2. The largest absolute Gasteiger partial charge is 0.463 e. The Morgan fingerprint density at radius 3 is 2.38 bits per heavy atom. The molecule has 2 amide bonds. The maximum absolute atomic E-state index is 12.1. The van der Waals surface area contributed by atoms with E-state index in [4.69, 9.17) is 4.42 Å². The Bertz CT molecular complexity index is 545. The summed E-state index contributed by atoms with van der Waals surface area (Å²) in [5.41, 5.74) is -1.30. The molecule has 1 fully saturated rings. The van der Waals surface area contributed by atoms with Crippen LogP contribution in [0.15, 0.2) is 16.5 Å². The second kappa shape index (κ2) is 7.57. The normalized spacial score (nSPS) is 18.9. The van der Waals surface area contributed by atoms with Crippen molar-refractivity contribution >= 4 is 6.03 Å². The zero-order chi connectivity index (χ0) is 17.8. The fourth-order valence-electron chi connectivity index (χ4n) is 3.03. The first kappa shape index (κ1) is 18.8. The Balaban J connectivity index is 1.78. The van der Waals surface area contributed by atoms with E-state index in [1.54, 1.807) is 19.1 Å². The summed E-state index contributed by atoms with van der Waals surface area (Å²) in [5, 5.41) is 16.1. The molecule has 1 aliphatic heterocycles. The lowest BCUT2D eigenvalue weighted by atomic mass is 9.98. The van der Waals surface area contributed by atoms with E-state index in [0.717, 1.165) is 18.8 Å². The van der Waals surface area contributed by atoms with Crippen molar-refractivity contribution in [2.24, 2.45) is 0 Å². The molecule has 1 aliphatic rings. The molecule has 2 heterocycles.